The molecule has 0 spiro atoms. The van der Waals surface area contributed by atoms with Gasteiger partial charge in [0.2, 0.25) is 0 Å². The predicted molar refractivity (Wildman–Crippen MR) is 68.7 cm³/mol. The zero-order valence-electron chi connectivity index (χ0n) is 9.58. The van der Waals surface area contributed by atoms with Crippen LogP contribution in [0.1, 0.15) is 31.9 Å². The molecule has 0 aromatic heterocycles. The van der Waals surface area contributed by atoms with E-state index in [0.29, 0.717) is 0 Å². The third kappa shape index (κ3) is 3.94. The van der Waals surface area contributed by atoms with E-state index >= 15 is 0 Å². The van der Waals surface area contributed by atoms with Gasteiger partial charge in [-0.2, -0.15) is 0 Å². The van der Waals surface area contributed by atoms with Crippen LogP contribution >= 0.6 is 12.2 Å². The highest BCUT2D eigenvalue weighted by Gasteiger charge is 2.12. The molecule has 1 rings (SSSR count). The minimum Gasteiger partial charge on any atom is -0.232 e. The highest BCUT2D eigenvalue weighted by molar-refractivity contribution is 7.78. The van der Waals surface area contributed by atoms with Crippen LogP contribution in [0.15, 0.2) is 29.3 Å². The van der Waals surface area contributed by atoms with Gasteiger partial charge in [0.25, 0.3) is 0 Å². The topological polar surface area (TPSA) is 12.4 Å². The summed E-state index contributed by atoms with van der Waals surface area (Å²) in [7, 11) is 0. The highest BCUT2D eigenvalue weighted by atomic mass is 32.1. The Kier molecular flexibility index (Phi) is 4.19. The molecule has 2 heteroatoms. The minimum atomic E-state index is 0.227. The molecule has 1 aromatic carbocycles. The van der Waals surface area contributed by atoms with Crippen LogP contribution in [0.3, 0.4) is 0 Å². The van der Waals surface area contributed by atoms with E-state index in [1.165, 1.54) is 11.1 Å². The van der Waals surface area contributed by atoms with Crippen molar-refractivity contribution < 1.29 is 0 Å². The van der Waals surface area contributed by atoms with Gasteiger partial charge in [0.1, 0.15) is 0 Å². The summed E-state index contributed by atoms with van der Waals surface area (Å²) in [5, 5.41) is 2.38. The number of thiocarbonyl (C=S) groups is 1. The monoisotopic (exact) mass is 219 g/mol. The SMILES string of the molecule is CC(C)(C)c1ccc(CCN=C=S)cc1. The molecule has 0 bridgehead atoms. The van der Waals surface area contributed by atoms with Gasteiger partial charge in [-0.1, -0.05) is 45.0 Å². The van der Waals surface area contributed by atoms with Crippen molar-refractivity contribution in [1.29, 1.82) is 0 Å². The molecular formula is C13H17NS. The van der Waals surface area contributed by atoms with Crippen LogP contribution in [0, 0.1) is 0 Å². The fourth-order valence-corrected chi connectivity index (χ4v) is 1.49. The second-order valence-corrected chi connectivity index (χ2v) is 4.85. The van der Waals surface area contributed by atoms with Crippen LogP contribution in [0.4, 0.5) is 0 Å². The third-order valence-electron chi connectivity index (χ3n) is 2.40. The van der Waals surface area contributed by atoms with Gasteiger partial charge in [-0.15, -0.1) is 0 Å². The van der Waals surface area contributed by atoms with Crippen molar-refractivity contribution in [2.75, 3.05) is 6.54 Å². The molecular weight excluding hydrogens is 202 g/mol. The van der Waals surface area contributed by atoms with E-state index in [9.17, 15) is 0 Å². The van der Waals surface area contributed by atoms with Gasteiger partial charge in [0.05, 0.1) is 11.7 Å². The fourth-order valence-electron chi connectivity index (χ4n) is 1.40. The number of isothiocyanates is 1. The van der Waals surface area contributed by atoms with Crippen LogP contribution < -0.4 is 0 Å². The Morgan fingerprint density at radius 3 is 2.27 bits per heavy atom. The number of hydrogen-bond donors (Lipinski definition) is 0. The summed E-state index contributed by atoms with van der Waals surface area (Å²) in [5.74, 6) is 0. The van der Waals surface area contributed by atoms with Gasteiger partial charge >= 0.3 is 0 Å². The number of aliphatic imine (C=N–C) groups is 1. The largest absolute Gasteiger partial charge is 0.232 e. The number of hydrogen-bond acceptors (Lipinski definition) is 2. The molecule has 0 fully saturated rings. The van der Waals surface area contributed by atoms with E-state index < -0.39 is 0 Å². The maximum atomic E-state index is 4.52. The Hall–Kier alpha value is -0.980. The van der Waals surface area contributed by atoms with Gasteiger partial charge < -0.3 is 0 Å². The Morgan fingerprint density at radius 1 is 1.20 bits per heavy atom. The standard InChI is InChI=1S/C13H17NS/c1-13(2,3)12-6-4-11(5-7-12)8-9-14-10-15/h4-7H,8-9H2,1-3H3. The molecule has 1 aromatic rings. The van der Waals surface area contributed by atoms with E-state index in [0.717, 1.165) is 13.0 Å². The molecule has 1 nitrogen and oxygen atoms in total. The Morgan fingerprint density at radius 2 is 1.80 bits per heavy atom. The zero-order valence-corrected chi connectivity index (χ0v) is 10.4. The molecule has 0 radical (unpaired) electrons. The summed E-state index contributed by atoms with van der Waals surface area (Å²) >= 11 is 4.52. The molecule has 0 saturated carbocycles. The van der Waals surface area contributed by atoms with E-state index in [1.807, 2.05) is 0 Å². The highest BCUT2D eigenvalue weighted by Crippen LogP contribution is 2.22. The Labute approximate surface area is 97.2 Å². The van der Waals surface area contributed by atoms with Crippen molar-refractivity contribution in [3.05, 3.63) is 35.4 Å². The molecule has 0 aliphatic rings. The maximum Gasteiger partial charge on any atom is 0.0585 e. The van der Waals surface area contributed by atoms with Crippen molar-refractivity contribution in [3.63, 3.8) is 0 Å². The van der Waals surface area contributed by atoms with E-state index in [1.54, 1.807) is 0 Å². The van der Waals surface area contributed by atoms with Gasteiger partial charge in [0, 0.05) is 0 Å². The van der Waals surface area contributed by atoms with Gasteiger partial charge in [-0.25, -0.2) is 4.99 Å². The van der Waals surface area contributed by atoms with Crippen molar-refractivity contribution in [3.8, 4) is 0 Å². The van der Waals surface area contributed by atoms with Gasteiger partial charge in [-0.3, -0.25) is 0 Å². The third-order valence-corrected chi connectivity index (χ3v) is 2.53. The van der Waals surface area contributed by atoms with Crippen LogP contribution in [-0.4, -0.2) is 11.7 Å². The molecule has 0 aliphatic carbocycles. The molecule has 0 unspecified atom stereocenters. The lowest BCUT2D eigenvalue weighted by Crippen LogP contribution is -2.10. The molecule has 15 heavy (non-hydrogen) atoms. The first kappa shape index (κ1) is 12.1. The summed E-state index contributed by atoms with van der Waals surface area (Å²) in [6.07, 6.45) is 0.939. The Balaban J connectivity index is 2.68. The number of nitrogens with zero attached hydrogens (tertiary/aromatic N) is 1. The van der Waals surface area contributed by atoms with Crippen LogP contribution in [0.2, 0.25) is 0 Å². The van der Waals surface area contributed by atoms with Crippen molar-refractivity contribution in [1.82, 2.24) is 0 Å². The van der Waals surface area contributed by atoms with E-state index in [2.05, 4.69) is 67.4 Å². The molecule has 0 saturated heterocycles. The molecule has 0 N–H and O–H groups in total. The zero-order chi connectivity index (χ0) is 11.3. The smallest absolute Gasteiger partial charge is 0.0585 e. The number of rotatable bonds is 3. The van der Waals surface area contributed by atoms with Crippen LogP contribution in [-0.2, 0) is 11.8 Å². The summed E-state index contributed by atoms with van der Waals surface area (Å²) < 4.78 is 0. The lowest BCUT2D eigenvalue weighted by molar-refractivity contribution is 0.590. The molecule has 0 heterocycles. The first-order valence-corrected chi connectivity index (χ1v) is 5.58. The Bertz CT molecular complexity index is 353. The summed E-state index contributed by atoms with van der Waals surface area (Å²) in [6.45, 7) is 7.40. The first-order valence-electron chi connectivity index (χ1n) is 5.17. The second kappa shape index (κ2) is 5.20. The lowest BCUT2D eigenvalue weighted by Gasteiger charge is -2.19. The quantitative estimate of drug-likeness (QED) is 0.558. The van der Waals surface area contributed by atoms with Crippen LogP contribution in [0.5, 0.6) is 0 Å². The fraction of sp³-hybridized carbons (Fsp3) is 0.462. The van der Waals surface area contributed by atoms with Gasteiger partial charge in [-0.05, 0) is 35.2 Å². The normalized spacial score (nSPS) is 10.9. The summed E-state index contributed by atoms with van der Waals surface area (Å²) in [6, 6.07) is 8.71. The first-order chi connectivity index (χ1) is 7.04. The minimum absolute atomic E-state index is 0.227. The van der Waals surface area contributed by atoms with Gasteiger partial charge in [0.15, 0.2) is 0 Å². The molecule has 0 atom stereocenters. The van der Waals surface area contributed by atoms with E-state index in [-0.39, 0.29) is 5.41 Å². The lowest BCUT2D eigenvalue weighted by atomic mass is 9.86. The molecule has 0 amide bonds. The number of benzene rings is 1. The van der Waals surface area contributed by atoms with Crippen LogP contribution in [0.25, 0.3) is 0 Å². The summed E-state index contributed by atoms with van der Waals surface area (Å²) in [4.78, 5) is 3.90. The van der Waals surface area contributed by atoms with Crippen molar-refractivity contribution in [2.45, 2.75) is 32.6 Å². The predicted octanol–water partition coefficient (Wildman–Crippen LogP) is 3.63. The average Bonchev–Trinajstić information content (AvgIpc) is 2.18. The average molecular weight is 219 g/mol. The summed E-state index contributed by atoms with van der Waals surface area (Å²) in [5.41, 5.74) is 2.90. The molecule has 0 aliphatic heterocycles. The molecule has 80 valence electrons. The maximum absolute atomic E-state index is 4.52. The van der Waals surface area contributed by atoms with Crippen molar-refractivity contribution in [2.24, 2.45) is 4.99 Å². The second-order valence-electron chi connectivity index (χ2n) is 4.67. The van der Waals surface area contributed by atoms with E-state index in [4.69, 9.17) is 0 Å². The van der Waals surface area contributed by atoms with Crippen molar-refractivity contribution >= 4 is 17.4 Å².